The molecule has 0 saturated heterocycles. The van der Waals surface area contributed by atoms with Gasteiger partial charge in [0.15, 0.2) is 0 Å². The second-order valence-corrected chi connectivity index (χ2v) is 8.03. The maximum atomic E-state index is 12.8. The number of carbonyl (C=O) groups is 1. The van der Waals surface area contributed by atoms with Gasteiger partial charge in [0.2, 0.25) is 0 Å². The summed E-state index contributed by atoms with van der Waals surface area (Å²) in [6.45, 7) is 1.81. The molecule has 1 heterocycles. The highest BCUT2D eigenvalue weighted by molar-refractivity contribution is 7.93. The van der Waals surface area contributed by atoms with Gasteiger partial charge in [-0.1, -0.05) is 17.3 Å². The molecule has 1 amide bonds. The van der Waals surface area contributed by atoms with Crippen molar-refractivity contribution >= 4 is 15.6 Å². The lowest BCUT2D eigenvalue weighted by atomic mass is 10.1. The number of amides is 1. The van der Waals surface area contributed by atoms with Crippen molar-refractivity contribution in [3.63, 3.8) is 0 Å². The van der Waals surface area contributed by atoms with Gasteiger partial charge in [0.25, 0.3) is 5.91 Å². The Bertz CT molecular complexity index is 1040. The monoisotopic (exact) mass is 370 g/mol. The number of hydrogen-bond donors (Lipinski definition) is 0. The molecule has 0 radical (unpaired) electrons. The molecular formula is C19H18N2O4S. The van der Waals surface area contributed by atoms with Crippen molar-refractivity contribution in [1.82, 2.24) is 5.16 Å². The number of hydrogen-bond acceptors (Lipinski definition) is 5. The molecule has 2 aromatic carbocycles. The zero-order chi connectivity index (χ0) is 18.7. The summed E-state index contributed by atoms with van der Waals surface area (Å²) in [5.74, 6) is 0.825. The summed E-state index contributed by atoms with van der Waals surface area (Å²) in [5.41, 5.74) is 1.87. The average Bonchev–Trinajstić information content (AvgIpc) is 3.08. The van der Waals surface area contributed by atoms with E-state index in [-0.39, 0.29) is 0 Å². The second kappa shape index (κ2) is 7.13. The minimum absolute atomic E-state index is 0.358. The molecule has 0 aliphatic rings. The first-order chi connectivity index (χ1) is 12.4. The van der Waals surface area contributed by atoms with Gasteiger partial charge >= 0.3 is 0 Å². The van der Waals surface area contributed by atoms with Crippen LogP contribution in [0.3, 0.4) is 0 Å². The van der Waals surface area contributed by atoms with Crippen LogP contribution in [0.15, 0.2) is 68.4 Å². The molecule has 134 valence electrons. The van der Waals surface area contributed by atoms with E-state index in [0.717, 1.165) is 5.56 Å². The van der Waals surface area contributed by atoms with Crippen LogP contribution in [0, 0.1) is 6.92 Å². The predicted molar refractivity (Wildman–Crippen MR) is 98.8 cm³/mol. The lowest BCUT2D eigenvalue weighted by Crippen LogP contribution is -2.04. The predicted octanol–water partition coefficient (Wildman–Crippen LogP) is 3.96. The van der Waals surface area contributed by atoms with Gasteiger partial charge in [-0.25, -0.2) is 4.21 Å². The molecule has 0 N–H and O–H groups in total. The minimum Gasteiger partial charge on any atom is -0.497 e. The highest BCUT2D eigenvalue weighted by Gasteiger charge is 2.12. The number of methoxy groups -OCH3 is 1. The summed E-state index contributed by atoms with van der Waals surface area (Å²) < 4.78 is 26.9. The third kappa shape index (κ3) is 3.83. The van der Waals surface area contributed by atoms with Gasteiger partial charge in [0.05, 0.1) is 16.8 Å². The van der Waals surface area contributed by atoms with Gasteiger partial charge in [-0.15, -0.1) is 0 Å². The smallest absolute Gasteiger partial charge is 0.285 e. The molecular weight excluding hydrogens is 352 g/mol. The quantitative estimate of drug-likeness (QED) is 0.694. The van der Waals surface area contributed by atoms with E-state index >= 15 is 0 Å². The lowest BCUT2D eigenvalue weighted by Gasteiger charge is -2.06. The maximum Gasteiger partial charge on any atom is 0.285 e. The first-order valence-corrected chi connectivity index (χ1v) is 9.76. The Balaban J connectivity index is 1.85. The molecule has 0 aliphatic heterocycles. The van der Waals surface area contributed by atoms with Crippen molar-refractivity contribution in [2.75, 3.05) is 13.4 Å². The number of ether oxygens (including phenoxy) is 1. The van der Waals surface area contributed by atoms with Crippen LogP contribution in [0.25, 0.3) is 11.3 Å². The first kappa shape index (κ1) is 17.9. The van der Waals surface area contributed by atoms with Crippen LogP contribution in [-0.4, -0.2) is 28.6 Å². The van der Waals surface area contributed by atoms with Crippen LogP contribution in [0.5, 0.6) is 5.75 Å². The topological polar surface area (TPSA) is 81.8 Å². The SMILES string of the molecule is COc1ccc(S(C)(=O)=NC(=O)c2ccc(-c3cc(C)on3)cc2)cc1. The Morgan fingerprint density at radius 1 is 1.12 bits per heavy atom. The Morgan fingerprint density at radius 2 is 1.77 bits per heavy atom. The van der Waals surface area contributed by atoms with Crippen molar-refractivity contribution in [1.29, 1.82) is 0 Å². The molecule has 0 fully saturated rings. The fourth-order valence-electron chi connectivity index (χ4n) is 2.38. The van der Waals surface area contributed by atoms with Crippen LogP contribution < -0.4 is 4.74 Å². The Labute approximate surface area is 152 Å². The molecule has 0 bridgehead atoms. The molecule has 0 aliphatic carbocycles. The van der Waals surface area contributed by atoms with Crippen molar-refractivity contribution in [3.8, 4) is 17.0 Å². The average molecular weight is 370 g/mol. The molecule has 0 saturated carbocycles. The van der Waals surface area contributed by atoms with Crippen molar-refractivity contribution in [3.05, 3.63) is 65.9 Å². The van der Waals surface area contributed by atoms with E-state index < -0.39 is 15.6 Å². The minimum atomic E-state index is -2.85. The van der Waals surface area contributed by atoms with Crippen LogP contribution in [0.2, 0.25) is 0 Å². The first-order valence-electron chi connectivity index (χ1n) is 7.83. The number of aromatic nitrogens is 1. The van der Waals surface area contributed by atoms with Gasteiger partial charge in [-0.3, -0.25) is 4.79 Å². The molecule has 7 heteroatoms. The highest BCUT2D eigenvalue weighted by Crippen LogP contribution is 2.21. The van der Waals surface area contributed by atoms with Crippen molar-refractivity contribution in [2.24, 2.45) is 4.36 Å². The van der Waals surface area contributed by atoms with E-state index in [4.69, 9.17) is 9.26 Å². The molecule has 6 nitrogen and oxygen atoms in total. The standard InChI is InChI=1S/C19H18N2O4S/c1-13-12-18(20-25-13)14-4-6-15(7-5-14)19(22)21-26(3,23)17-10-8-16(24-2)9-11-17/h4-12H,1-3H3. The Kier molecular flexibility index (Phi) is 4.90. The third-order valence-corrected chi connectivity index (χ3v) is 5.47. The van der Waals surface area contributed by atoms with E-state index in [1.165, 1.54) is 6.26 Å². The summed E-state index contributed by atoms with van der Waals surface area (Å²) >= 11 is 0. The second-order valence-electron chi connectivity index (χ2n) is 5.77. The van der Waals surface area contributed by atoms with Gasteiger partial charge in [0, 0.05) is 28.3 Å². The molecule has 26 heavy (non-hydrogen) atoms. The number of nitrogens with zero attached hydrogens (tertiary/aromatic N) is 2. The fraction of sp³-hybridized carbons (Fsp3) is 0.158. The van der Waals surface area contributed by atoms with Crippen LogP contribution in [-0.2, 0) is 9.73 Å². The van der Waals surface area contributed by atoms with Crippen LogP contribution >= 0.6 is 0 Å². The van der Waals surface area contributed by atoms with Gasteiger partial charge in [-0.2, -0.15) is 4.36 Å². The molecule has 3 aromatic rings. The summed E-state index contributed by atoms with van der Waals surface area (Å²) in [5, 5.41) is 3.93. The van der Waals surface area contributed by atoms with Gasteiger partial charge < -0.3 is 9.26 Å². The van der Waals surface area contributed by atoms with Crippen molar-refractivity contribution < 1.29 is 18.3 Å². The molecule has 1 atom stereocenters. The van der Waals surface area contributed by atoms with Crippen LogP contribution in [0.4, 0.5) is 0 Å². The Morgan fingerprint density at radius 3 is 2.31 bits per heavy atom. The molecule has 0 spiro atoms. The summed E-state index contributed by atoms with van der Waals surface area (Å²) in [6, 6.07) is 15.3. The number of rotatable bonds is 4. The van der Waals surface area contributed by atoms with Gasteiger partial charge in [-0.05, 0) is 43.3 Å². The van der Waals surface area contributed by atoms with E-state index in [9.17, 15) is 9.00 Å². The number of benzene rings is 2. The molecule has 3 rings (SSSR count). The van der Waals surface area contributed by atoms with E-state index in [1.54, 1.807) is 55.6 Å². The van der Waals surface area contributed by atoms with Crippen LogP contribution in [0.1, 0.15) is 16.1 Å². The normalized spacial score (nSPS) is 13.0. The van der Waals surface area contributed by atoms with E-state index in [0.29, 0.717) is 27.7 Å². The summed E-state index contributed by atoms with van der Waals surface area (Å²) in [6.07, 6.45) is 1.44. The fourth-order valence-corrected chi connectivity index (χ4v) is 3.55. The number of carbonyl (C=O) groups excluding carboxylic acids is 1. The Hall–Kier alpha value is -2.93. The zero-order valence-corrected chi connectivity index (χ0v) is 15.4. The third-order valence-electron chi connectivity index (χ3n) is 3.81. The van der Waals surface area contributed by atoms with Crippen molar-refractivity contribution in [2.45, 2.75) is 11.8 Å². The maximum absolute atomic E-state index is 12.8. The zero-order valence-electron chi connectivity index (χ0n) is 14.6. The van der Waals surface area contributed by atoms with E-state index in [2.05, 4.69) is 9.52 Å². The lowest BCUT2D eigenvalue weighted by molar-refractivity contribution is 0.100. The highest BCUT2D eigenvalue weighted by atomic mass is 32.2. The van der Waals surface area contributed by atoms with E-state index in [1.807, 2.05) is 13.0 Å². The largest absolute Gasteiger partial charge is 0.497 e. The number of aryl methyl sites for hydroxylation is 1. The molecule has 1 unspecified atom stereocenters. The molecule has 1 aromatic heterocycles. The van der Waals surface area contributed by atoms with Gasteiger partial charge in [0.1, 0.15) is 17.2 Å². The summed E-state index contributed by atoms with van der Waals surface area (Å²) in [4.78, 5) is 12.9. The summed E-state index contributed by atoms with van der Waals surface area (Å²) in [7, 11) is -1.30.